The molecule has 1 aliphatic heterocycles. The van der Waals surface area contributed by atoms with E-state index in [1.165, 1.54) is 18.1 Å². The maximum atomic E-state index is 12.7. The molecule has 0 bridgehead atoms. The van der Waals surface area contributed by atoms with Gasteiger partial charge < -0.3 is 14.8 Å². The second-order valence-electron chi connectivity index (χ2n) is 7.38. The summed E-state index contributed by atoms with van der Waals surface area (Å²) in [7, 11) is 1.97. The lowest BCUT2D eigenvalue weighted by atomic mass is 9.87. The van der Waals surface area contributed by atoms with E-state index in [1.807, 2.05) is 7.05 Å². The standard InChI is InChI=1S/C22H24N2O4/c1-14(25)17-10-20-21(28-13-27-20)11-18(17)23-22(26)12-24(2)19-9-5-7-15-6-3-4-8-16(15)19/h3-4,6,8,10-11,19H,5,7,9,12-13H2,1-2H3,(H,23,26). The summed E-state index contributed by atoms with van der Waals surface area (Å²) < 4.78 is 10.7. The molecule has 0 aromatic heterocycles. The van der Waals surface area contributed by atoms with Crippen molar-refractivity contribution < 1.29 is 19.1 Å². The predicted molar refractivity (Wildman–Crippen MR) is 106 cm³/mol. The molecule has 0 saturated heterocycles. The molecule has 28 heavy (non-hydrogen) atoms. The smallest absolute Gasteiger partial charge is 0.238 e. The molecule has 1 N–H and O–H groups in total. The molecule has 0 radical (unpaired) electrons. The largest absolute Gasteiger partial charge is 0.454 e. The van der Waals surface area contributed by atoms with E-state index in [-0.39, 0.29) is 31.1 Å². The van der Waals surface area contributed by atoms with Crippen LogP contribution in [-0.2, 0) is 11.2 Å². The summed E-state index contributed by atoms with van der Waals surface area (Å²) in [5, 5.41) is 2.88. The van der Waals surface area contributed by atoms with Gasteiger partial charge >= 0.3 is 0 Å². The third kappa shape index (κ3) is 3.60. The maximum Gasteiger partial charge on any atom is 0.238 e. The van der Waals surface area contributed by atoms with Crippen LogP contribution < -0.4 is 14.8 Å². The molecule has 146 valence electrons. The van der Waals surface area contributed by atoms with Crippen LogP contribution in [0.25, 0.3) is 0 Å². The maximum absolute atomic E-state index is 12.7. The van der Waals surface area contributed by atoms with E-state index in [2.05, 4.69) is 34.5 Å². The zero-order valence-electron chi connectivity index (χ0n) is 16.2. The molecule has 1 amide bonds. The van der Waals surface area contributed by atoms with Crippen LogP contribution in [0.1, 0.15) is 47.3 Å². The Bertz CT molecular complexity index is 925. The summed E-state index contributed by atoms with van der Waals surface area (Å²) in [6.07, 6.45) is 3.24. The molecule has 2 aliphatic rings. The van der Waals surface area contributed by atoms with Crippen molar-refractivity contribution >= 4 is 17.4 Å². The van der Waals surface area contributed by atoms with Crippen molar-refractivity contribution in [3.8, 4) is 11.5 Å². The normalized spacial score (nSPS) is 17.3. The fourth-order valence-corrected chi connectivity index (χ4v) is 4.05. The number of nitrogens with one attached hydrogen (secondary N) is 1. The molecule has 2 aromatic carbocycles. The van der Waals surface area contributed by atoms with Crippen LogP contribution in [0.2, 0.25) is 0 Å². The Morgan fingerprint density at radius 3 is 2.71 bits per heavy atom. The Morgan fingerprint density at radius 1 is 1.18 bits per heavy atom. The van der Waals surface area contributed by atoms with Crippen LogP contribution >= 0.6 is 0 Å². The van der Waals surface area contributed by atoms with E-state index in [4.69, 9.17) is 9.47 Å². The number of ketones is 1. The molecule has 6 heteroatoms. The number of hydrogen-bond donors (Lipinski definition) is 1. The van der Waals surface area contributed by atoms with E-state index in [0.717, 1.165) is 19.3 Å². The third-order valence-corrected chi connectivity index (χ3v) is 5.43. The van der Waals surface area contributed by atoms with E-state index in [1.54, 1.807) is 12.1 Å². The minimum atomic E-state index is -0.160. The van der Waals surface area contributed by atoms with Gasteiger partial charge in [0.15, 0.2) is 17.3 Å². The van der Waals surface area contributed by atoms with Crippen molar-refractivity contribution in [1.82, 2.24) is 4.90 Å². The molecule has 2 aromatic rings. The Labute approximate surface area is 164 Å². The zero-order valence-corrected chi connectivity index (χ0v) is 16.2. The highest BCUT2D eigenvalue weighted by molar-refractivity contribution is 6.05. The van der Waals surface area contributed by atoms with Gasteiger partial charge in [-0.15, -0.1) is 0 Å². The monoisotopic (exact) mass is 380 g/mol. The minimum absolute atomic E-state index is 0.119. The summed E-state index contributed by atoms with van der Waals surface area (Å²) in [5.74, 6) is 0.768. The number of rotatable bonds is 5. The molecular formula is C22H24N2O4. The lowest BCUT2D eigenvalue weighted by Gasteiger charge is -2.32. The highest BCUT2D eigenvalue weighted by Gasteiger charge is 2.25. The summed E-state index contributed by atoms with van der Waals surface area (Å²) in [4.78, 5) is 26.8. The van der Waals surface area contributed by atoms with Crippen LogP contribution in [0.15, 0.2) is 36.4 Å². The number of fused-ring (bicyclic) bond motifs is 2. The molecule has 4 rings (SSSR count). The minimum Gasteiger partial charge on any atom is -0.454 e. The van der Waals surface area contributed by atoms with E-state index in [0.29, 0.717) is 22.7 Å². The average molecular weight is 380 g/mol. The number of benzene rings is 2. The number of anilines is 1. The number of nitrogens with zero attached hydrogens (tertiary/aromatic N) is 1. The Balaban J connectivity index is 1.49. The highest BCUT2D eigenvalue weighted by atomic mass is 16.7. The first-order valence-corrected chi connectivity index (χ1v) is 9.55. The fourth-order valence-electron chi connectivity index (χ4n) is 4.05. The van der Waals surface area contributed by atoms with Gasteiger partial charge in [0.25, 0.3) is 0 Å². The second-order valence-corrected chi connectivity index (χ2v) is 7.38. The van der Waals surface area contributed by atoms with Gasteiger partial charge in [0, 0.05) is 17.7 Å². The Kier molecular flexibility index (Phi) is 5.05. The number of ether oxygens (including phenoxy) is 2. The quantitative estimate of drug-likeness (QED) is 0.804. The van der Waals surface area contributed by atoms with Crippen LogP contribution in [0.3, 0.4) is 0 Å². The van der Waals surface area contributed by atoms with Crippen LogP contribution in [0.4, 0.5) is 5.69 Å². The summed E-state index contributed by atoms with van der Waals surface area (Å²) >= 11 is 0. The van der Waals surface area contributed by atoms with Crippen molar-refractivity contribution in [1.29, 1.82) is 0 Å². The molecule has 0 spiro atoms. The number of hydrogen-bond acceptors (Lipinski definition) is 5. The van der Waals surface area contributed by atoms with Gasteiger partial charge in [-0.1, -0.05) is 24.3 Å². The van der Waals surface area contributed by atoms with Crippen molar-refractivity contribution in [2.24, 2.45) is 0 Å². The summed E-state index contributed by atoms with van der Waals surface area (Å²) in [6.45, 7) is 1.83. The van der Waals surface area contributed by atoms with Gasteiger partial charge in [0.1, 0.15) is 0 Å². The SMILES string of the molecule is CC(=O)c1cc2c(cc1NC(=O)CN(C)C1CCCc3ccccc31)OCO2. The fraction of sp³-hybridized carbons (Fsp3) is 0.364. The number of aryl methyl sites for hydroxylation is 1. The van der Waals surface area contributed by atoms with Gasteiger partial charge in [0.05, 0.1) is 12.2 Å². The average Bonchev–Trinajstić information content (AvgIpc) is 3.14. The van der Waals surface area contributed by atoms with E-state index >= 15 is 0 Å². The molecule has 1 aliphatic carbocycles. The zero-order chi connectivity index (χ0) is 19.7. The first kappa shape index (κ1) is 18.5. The number of carbonyl (C=O) groups excluding carboxylic acids is 2. The lowest BCUT2D eigenvalue weighted by Crippen LogP contribution is -2.35. The van der Waals surface area contributed by atoms with Crippen molar-refractivity contribution in [2.75, 3.05) is 25.7 Å². The summed E-state index contributed by atoms with van der Waals surface area (Å²) in [6, 6.07) is 11.9. The van der Waals surface area contributed by atoms with Crippen LogP contribution in [-0.4, -0.2) is 37.0 Å². The first-order valence-electron chi connectivity index (χ1n) is 9.55. The van der Waals surface area contributed by atoms with Crippen LogP contribution in [0.5, 0.6) is 11.5 Å². The third-order valence-electron chi connectivity index (χ3n) is 5.43. The molecule has 0 saturated carbocycles. The molecular weight excluding hydrogens is 356 g/mol. The van der Waals surface area contributed by atoms with Crippen molar-refractivity contribution in [3.05, 3.63) is 53.1 Å². The van der Waals surface area contributed by atoms with Gasteiger partial charge in [-0.25, -0.2) is 0 Å². The highest BCUT2D eigenvalue weighted by Crippen LogP contribution is 2.37. The van der Waals surface area contributed by atoms with Gasteiger partial charge in [-0.2, -0.15) is 0 Å². The van der Waals surface area contributed by atoms with Crippen molar-refractivity contribution in [3.63, 3.8) is 0 Å². The first-order chi connectivity index (χ1) is 13.5. The molecule has 0 fully saturated rings. The number of amides is 1. The topological polar surface area (TPSA) is 67.9 Å². The predicted octanol–water partition coefficient (Wildman–Crippen LogP) is 3.57. The Hall–Kier alpha value is -2.86. The summed E-state index contributed by atoms with van der Waals surface area (Å²) in [5.41, 5.74) is 3.54. The van der Waals surface area contributed by atoms with Gasteiger partial charge in [0.2, 0.25) is 12.7 Å². The number of carbonyl (C=O) groups is 2. The number of likely N-dealkylation sites (N-methyl/N-ethyl adjacent to an activating group) is 1. The molecule has 6 nitrogen and oxygen atoms in total. The molecule has 1 atom stereocenters. The lowest BCUT2D eigenvalue weighted by molar-refractivity contribution is -0.117. The molecule has 1 unspecified atom stereocenters. The van der Waals surface area contributed by atoms with Gasteiger partial charge in [-0.05, 0) is 50.4 Å². The van der Waals surface area contributed by atoms with Gasteiger partial charge in [-0.3, -0.25) is 14.5 Å². The second kappa shape index (κ2) is 7.64. The van der Waals surface area contributed by atoms with Crippen molar-refractivity contribution in [2.45, 2.75) is 32.2 Å². The number of Topliss-reactive ketones (excluding diaryl/α,β-unsaturated/α-hetero) is 1. The van der Waals surface area contributed by atoms with E-state index in [9.17, 15) is 9.59 Å². The van der Waals surface area contributed by atoms with Crippen LogP contribution in [0, 0.1) is 0 Å². The molecule has 1 heterocycles. The Morgan fingerprint density at radius 2 is 1.93 bits per heavy atom. The van der Waals surface area contributed by atoms with E-state index < -0.39 is 0 Å².